The number of aromatic nitrogens is 1. The smallest absolute Gasteiger partial charge is 0.259 e. The predicted octanol–water partition coefficient (Wildman–Crippen LogP) is 2.55. The zero-order chi connectivity index (χ0) is 22.4. The Kier molecular flexibility index (Phi) is 4.48. The summed E-state index contributed by atoms with van der Waals surface area (Å²) in [5.41, 5.74) is -2.78. The molecule has 0 amide bonds. The van der Waals surface area contributed by atoms with Crippen LogP contribution in [0.1, 0.15) is 37.5 Å². The maximum Gasteiger partial charge on any atom is 0.259 e. The van der Waals surface area contributed by atoms with Crippen LogP contribution in [0.4, 0.5) is 0 Å². The Balaban J connectivity index is 2.02. The number of carbonyl (C=O) groups is 2. The normalized spacial score (nSPS) is 12.4. The first kappa shape index (κ1) is 19.5. The molecule has 0 saturated carbocycles. The quantitative estimate of drug-likeness (QED) is 0.409. The number of carbonyl (C=O) groups excluding carboxylic acids is 2. The van der Waals surface area contributed by atoms with Crippen molar-refractivity contribution < 1.29 is 9.59 Å². The van der Waals surface area contributed by atoms with Crippen molar-refractivity contribution in [2.45, 2.75) is 6.54 Å². The highest BCUT2D eigenvalue weighted by Crippen LogP contribution is 2.25. The predicted molar refractivity (Wildman–Crippen MR) is 120 cm³/mol. The third-order valence-corrected chi connectivity index (χ3v) is 5.63. The fraction of sp³-hybridized carbons (Fsp3) is 0.0385. The first-order chi connectivity index (χ1) is 15.5. The van der Waals surface area contributed by atoms with E-state index in [9.17, 15) is 24.0 Å². The molecular formula is C26H15NO5. The summed E-state index contributed by atoms with van der Waals surface area (Å²) in [6.07, 6.45) is 0. The molecule has 0 saturated heterocycles. The van der Waals surface area contributed by atoms with Crippen LogP contribution in [0.2, 0.25) is 0 Å². The lowest BCUT2D eigenvalue weighted by Gasteiger charge is -2.20. The molecule has 6 nitrogen and oxygen atoms in total. The van der Waals surface area contributed by atoms with E-state index in [0.717, 1.165) is 4.57 Å². The molecule has 1 aliphatic rings. The molecule has 5 rings (SSSR count). The lowest BCUT2D eigenvalue weighted by Crippen LogP contribution is -2.39. The highest BCUT2D eigenvalue weighted by molar-refractivity contribution is 6.27. The van der Waals surface area contributed by atoms with Gasteiger partial charge >= 0.3 is 0 Å². The lowest BCUT2D eigenvalue weighted by atomic mass is 9.86. The highest BCUT2D eigenvalue weighted by Gasteiger charge is 2.34. The second kappa shape index (κ2) is 7.35. The van der Waals surface area contributed by atoms with Crippen molar-refractivity contribution in [2.75, 3.05) is 0 Å². The van der Waals surface area contributed by atoms with E-state index < -0.39 is 33.5 Å². The van der Waals surface area contributed by atoms with Gasteiger partial charge in [0.05, 0.1) is 11.9 Å². The third-order valence-electron chi connectivity index (χ3n) is 5.63. The SMILES string of the molecule is O=C1c2ccccc2C(=O)c2c1c(=O)c(=O)c1ccccc1c(=O)n2Cc1ccccc1. The van der Waals surface area contributed by atoms with Crippen LogP contribution in [0.25, 0.3) is 10.8 Å². The van der Waals surface area contributed by atoms with Gasteiger partial charge in [-0.05, 0) is 11.6 Å². The summed E-state index contributed by atoms with van der Waals surface area (Å²) in [6.45, 7) is -0.0461. The average Bonchev–Trinajstić information content (AvgIpc) is 2.84. The molecule has 0 atom stereocenters. The van der Waals surface area contributed by atoms with Crippen LogP contribution in [0.5, 0.6) is 0 Å². The lowest BCUT2D eigenvalue weighted by molar-refractivity contribution is 0.0970. The minimum Gasteiger partial charge on any atom is -0.299 e. The highest BCUT2D eigenvalue weighted by atomic mass is 16.2. The molecule has 0 unspecified atom stereocenters. The maximum atomic E-state index is 13.6. The summed E-state index contributed by atoms with van der Waals surface area (Å²) in [6, 6.07) is 20.9. The summed E-state index contributed by atoms with van der Waals surface area (Å²) in [4.78, 5) is 66.7. The van der Waals surface area contributed by atoms with Gasteiger partial charge in [-0.3, -0.25) is 28.5 Å². The first-order valence-corrected chi connectivity index (χ1v) is 9.95. The Morgan fingerprint density at radius 1 is 0.562 bits per heavy atom. The number of hydrogen-bond donors (Lipinski definition) is 0. The number of benzene rings is 3. The topological polar surface area (TPSA) is 90.3 Å². The monoisotopic (exact) mass is 421 g/mol. The molecule has 1 aliphatic carbocycles. The van der Waals surface area contributed by atoms with E-state index in [4.69, 9.17) is 0 Å². The van der Waals surface area contributed by atoms with Gasteiger partial charge < -0.3 is 0 Å². The molecule has 154 valence electrons. The van der Waals surface area contributed by atoms with Crippen LogP contribution >= 0.6 is 0 Å². The van der Waals surface area contributed by atoms with E-state index in [2.05, 4.69) is 0 Å². The number of ketones is 2. The summed E-state index contributed by atoms with van der Waals surface area (Å²) in [5, 5.41) is -0.0846. The standard InChI is InChI=1S/C26H15NO5/c28-22-16-10-4-5-11-17(16)23(29)21-20(22)25(31)24(30)18-12-6-7-13-19(18)26(32)27(21)14-15-8-2-1-3-9-15/h1-13H,14H2. The molecule has 6 heteroatoms. The fourth-order valence-corrected chi connectivity index (χ4v) is 4.10. The Labute approximate surface area is 181 Å². The molecule has 0 bridgehead atoms. The van der Waals surface area contributed by atoms with Gasteiger partial charge in [-0.2, -0.15) is 0 Å². The molecule has 0 spiro atoms. The van der Waals surface area contributed by atoms with E-state index >= 15 is 0 Å². The molecule has 0 fully saturated rings. The first-order valence-electron chi connectivity index (χ1n) is 9.95. The molecular weight excluding hydrogens is 406 g/mol. The van der Waals surface area contributed by atoms with E-state index in [1.54, 1.807) is 48.5 Å². The number of fused-ring (bicyclic) bond motifs is 3. The van der Waals surface area contributed by atoms with Gasteiger partial charge in [-0.15, -0.1) is 0 Å². The van der Waals surface area contributed by atoms with Crippen LogP contribution in [-0.4, -0.2) is 16.1 Å². The molecule has 4 aromatic rings. The second-order valence-electron chi connectivity index (χ2n) is 7.51. The molecule has 3 aromatic carbocycles. The Hall–Kier alpha value is -4.45. The summed E-state index contributed by atoms with van der Waals surface area (Å²) in [7, 11) is 0. The van der Waals surface area contributed by atoms with Gasteiger partial charge in [0, 0.05) is 16.5 Å². The van der Waals surface area contributed by atoms with Crippen LogP contribution in [0.3, 0.4) is 0 Å². The van der Waals surface area contributed by atoms with Crippen molar-refractivity contribution in [1.29, 1.82) is 0 Å². The van der Waals surface area contributed by atoms with E-state index in [1.807, 2.05) is 6.07 Å². The molecule has 1 aromatic heterocycles. The largest absolute Gasteiger partial charge is 0.299 e. The molecule has 32 heavy (non-hydrogen) atoms. The average molecular weight is 421 g/mol. The van der Waals surface area contributed by atoms with Gasteiger partial charge in [-0.25, -0.2) is 0 Å². The molecule has 0 aliphatic heterocycles. The second-order valence-corrected chi connectivity index (χ2v) is 7.51. The number of nitrogens with zero attached hydrogens (tertiary/aromatic N) is 1. The molecule has 0 N–H and O–H groups in total. The molecule has 0 radical (unpaired) electrons. The maximum absolute atomic E-state index is 13.6. The van der Waals surface area contributed by atoms with Gasteiger partial charge in [-0.1, -0.05) is 72.8 Å². The minimum atomic E-state index is -1.09. The number of hydrogen-bond acceptors (Lipinski definition) is 5. The van der Waals surface area contributed by atoms with E-state index in [1.165, 1.54) is 24.3 Å². The van der Waals surface area contributed by atoms with Crippen molar-refractivity contribution >= 4 is 22.3 Å². The van der Waals surface area contributed by atoms with Crippen molar-refractivity contribution in [3.63, 3.8) is 0 Å². The Morgan fingerprint density at radius 3 is 1.81 bits per heavy atom. The Bertz CT molecular complexity index is 1640. The third kappa shape index (κ3) is 2.85. The van der Waals surface area contributed by atoms with Crippen LogP contribution in [0, 0.1) is 0 Å². The van der Waals surface area contributed by atoms with Crippen LogP contribution in [0.15, 0.2) is 93.2 Å². The zero-order valence-electron chi connectivity index (χ0n) is 16.7. The van der Waals surface area contributed by atoms with Gasteiger partial charge in [0.2, 0.25) is 16.6 Å². The summed E-state index contributed by atoms with van der Waals surface area (Å²) < 4.78 is 1.14. The van der Waals surface area contributed by atoms with Gasteiger partial charge in [0.25, 0.3) is 5.56 Å². The zero-order valence-corrected chi connectivity index (χ0v) is 16.7. The van der Waals surface area contributed by atoms with Crippen molar-refractivity contribution in [1.82, 2.24) is 4.57 Å². The van der Waals surface area contributed by atoms with Crippen molar-refractivity contribution in [3.05, 3.63) is 138 Å². The van der Waals surface area contributed by atoms with E-state index in [0.29, 0.717) is 5.56 Å². The number of rotatable bonds is 2. The van der Waals surface area contributed by atoms with Gasteiger partial charge in [0.15, 0.2) is 5.78 Å². The summed E-state index contributed by atoms with van der Waals surface area (Å²) in [5.74, 6) is -1.38. The Morgan fingerprint density at radius 2 is 1.12 bits per heavy atom. The molecule has 1 heterocycles. The fourth-order valence-electron chi connectivity index (χ4n) is 4.10. The van der Waals surface area contributed by atoms with Crippen molar-refractivity contribution in [2.24, 2.45) is 0 Å². The van der Waals surface area contributed by atoms with Gasteiger partial charge in [0.1, 0.15) is 11.3 Å². The summed E-state index contributed by atoms with van der Waals surface area (Å²) >= 11 is 0. The van der Waals surface area contributed by atoms with E-state index in [-0.39, 0.29) is 34.1 Å². The minimum absolute atomic E-state index is 0.00689. The van der Waals surface area contributed by atoms with Crippen molar-refractivity contribution in [3.8, 4) is 0 Å². The van der Waals surface area contributed by atoms with Crippen LogP contribution < -0.4 is 16.4 Å². The van der Waals surface area contributed by atoms with Crippen LogP contribution in [-0.2, 0) is 6.54 Å².